The van der Waals surface area contributed by atoms with E-state index in [0.717, 1.165) is 27.7 Å². The van der Waals surface area contributed by atoms with Crippen LogP contribution in [0.3, 0.4) is 0 Å². The van der Waals surface area contributed by atoms with Crippen LogP contribution in [0.4, 0.5) is 11.5 Å². The van der Waals surface area contributed by atoms with Gasteiger partial charge in [-0.05, 0) is 31.0 Å². The van der Waals surface area contributed by atoms with Gasteiger partial charge in [0.05, 0.1) is 17.4 Å². The molecule has 3 aromatic rings. The van der Waals surface area contributed by atoms with Crippen LogP contribution in [0.2, 0.25) is 0 Å². The van der Waals surface area contributed by atoms with E-state index >= 15 is 0 Å². The van der Waals surface area contributed by atoms with Crippen molar-refractivity contribution in [3.63, 3.8) is 0 Å². The molecule has 0 bridgehead atoms. The summed E-state index contributed by atoms with van der Waals surface area (Å²) in [5.74, 6) is 6.64. The molecular weight excluding hydrogens is 274 g/mol. The number of aryl methyl sites for hydroxylation is 1. The molecule has 3 N–H and O–H groups in total. The Morgan fingerprint density at radius 1 is 1.05 bits per heavy atom. The third-order valence-electron chi connectivity index (χ3n) is 3.37. The monoisotopic (exact) mass is 291 g/mol. The molecule has 0 saturated heterocycles. The molecular formula is C17H17N5. The van der Waals surface area contributed by atoms with Crippen LogP contribution in [0, 0.1) is 18.8 Å². The molecule has 0 aliphatic heterocycles. The summed E-state index contributed by atoms with van der Waals surface area (Å²) in [5.41, 5.74) is 9.16. The summed E-state index contributed by atoms with van der Waals surface area (Å²) >= 11 is 0. The summed E-state index contributed by atoms with van der Waals surface area (Å²) in [7, 11) is 1.85. The molecule has 22 heavy (non-hydrogen) atoms. The van der Waals surface area contributed by atoms with E-state index in [4.69, 9.17) is 5.73 Å². The molecule has 0 unspecified atom stereocenters. The zero-order valence-corrected chi connectivity index (χ0v) is 12.4. The maximum atomic E-state index is 5.78. The first kappa shape index (κ1) is 13.8. The van der Waals surface area contributed by atoms with Crippen molar-refractivity contribution >= 4 is 22.3 Å². The molecule has 0 saturated carbocycles. The summed E-state index contributed by atoms with van der Waals surface area (Å²) in [6.07, 6.45) is 5.24. The fraction of sp³-hybridized carbons (Fsp3) is 0.118. The largest absolute Gasteiger partial charge is 0.387 e. The van der Waals surface area contributed by atoms with Crippen molar-refractivity contribution in [1.82, 2.24) is 15.0 Å². The Hall–Kier alpha value is -3.13. The van der Waals surface area contributed by atoms with Gasteiger partial charge < -0.3 is 11.1 Å². The minimum atomic E-state index is 0. The Labute approximate surface area is 130 Å². The molecule has 0 atom stereocenters. The van der Waals surface area contributed by atoms with E-state index in [9.17, 15) is 0 Å². The summed E-state index contributed by atoms with van der Waals surface area (Å²) < 4.78 is 0. The Bertz CT molecular complexity index is 894. The van der Waals surface area contributed by atoms with Crippen LogP contribution in [-0.2, 0) is 0 Å². The molecule has 110 valence electrons. The van der Waals surface area contributed by atoms with E-state index in [1.54, 1.807) is 18.6 Å². The number of nitrogens with one attached hydrogen (secondary N) is 1. The van der Waals surface area contributed by atoms with Gasteiger partial charge in [-0.15, -0.1) is 0 Å². The Morgan fingerprint density at radius 2 is 1.91 bits per heavy atom. The molecule has 0 aliphatic carbocycles. The Kier molecular flexibility index (Phi) is 3.58. The Balaban J connectivity index is 0.00000192. The van der Waals surface area contributed by atoms with Gasteiger partial charge in [0, 0.05) is 37.3 Å². The van der Waals surface area contributed by atoms with Gasteiger partial charge in [-0.1, -0.05) is 5.92 Å². The lowest BCUT2D eigenvalue weighted by molar-refractivity contribution is 1.22. The number of hydrogen-bond donors (Lipinski definition) is 2. The van der Waals surface area contributed by atoms with Gasteiger partial charge in [-0.25, -0.2) is 9.97 Å². The molecule has 0 aliphatic rings. The first-order chi connectivity index (χ1) is 10.7. The first-order valence-corrected chi connectivity index (χ1v) is 6.84. The number of rotatable bonds is 1. The second kappa shape index (κ2) is 5.70. The quantitative estimate of drug-likeness (QED) is 0.674. The average molecular weight is 291 g/mol. The molecule has 5 heteroatoms. The number of anilines is 2. The van der Waals surface area contributed by atoms with Gasteiger partial charge in [0.25, 0.3) is 0 Å². The van der Waals surface area contributed by atoms with Crippen LogP contribution >= 0.6 is 0 Å². The van der Waals surface area contributed by atoms with Crippen LogP contribution in [0.15, 0.2) is 36.8 Å². The number of aromatic nitrogens is 3. The minimum Gasteiger partial charge on any atom is -0.387 e. The van der Waals surface area contributed by atoms with Crippen LogP contribution in [0.5, 0.6) is 0 Å². The van der Waals surface area contributed by atoms with Gasteiger partial charge in [-0.3, -0.25) is 4.98 Å². The SMILES string of the molecule is CNc1ccc(C#Cc2cnc(C)c3cnc(N)cc23)nc1.[HH]. The Morgan fingerprint density at radius 3 is 2.64 bits per heavy atom. The highest BCUT2D eigenvalue weighted by atomic mass is 14.8. The average Bonchev–Trinajstić information content (AvgIpc) is 2.54. The van der Waals surface area contributed by atoms with Crippen LogP contribution in [0.25, 0.3) is 10.8 Å². The molecule has 3 aromatic heterocycles. The molecule has 0 radical (unpaired) electrons. The van der Waals surface area contributed by atoms with Gasteiger partial charge in [0.2, 0.25) is 0 Å². The topological polar surface area (TPSA) is 76.7 Å². The second-order valence-electron chi connectivity index (χ2n) is 4.84. The maximum absolute atomic E-state index is 5.78. The van der Waals surface area contributed by atoms with Crippen LogP contribution < -0.4 is 11.1 Å². The fourth-order valence-corrected chi connectivity index (χ4v) is 2.13. The minimum absolute atomic E-state index is 0. The number of fused-ring (bicyclic) bond motifs is 1. The van der Waals surface area contributed by atoms with Gasteiger partial charge in [0.1, 0.15) is 11.5 Å². The van der Waals surface area contributed by atoms with Crippen molar-refractivity contribution in [2.75, 3.05) is 18.1 Å². The highest BCUT2D eigenvalue weighted by Crippen LogP contribution is 2.21. The normalized spacial score (nSPS) is 10.1. The third-order valence-corrected chi connectivity index (χ3v) is 3.37. The molecule has 0 aromatic carbocycles. The predicted octanol–water partition coefficient (Wildman–Crippen LogP) is 2.60. The number of pyridine rings is 3. The zero-order chi connectivity index (χ0) is 15.5. The van der Waals surface area contributed by atoms with Crippen molar-refractivity contribution in [2.24, 2.45) is 0 Å². The van der Waals surface area contributed by atoms with Gasteiger partial charge in [-0.2, -0.15) is 0 Å². The van der Waals surface area contributed by atoms with Crippen molar-refractivity contribution in [2.45, 2.75) is 6.92 Å². The maximum Gasteiger partial charge on any atom is 0.123 e. The number of nitrogens with two attached hydrogens (primary N) is 1. The number of hydrogen-bond acceptors (Lipinski definition) is 5. The lowest BCUT2D eigenvalue weighted by Crippen LogP contribution is -1.94. The summed E-state index contributed by atoms with van der Waals surface area (Å²) in [6, 6.07) is 5.63. The molecule has 0 spiro atoms. The molecule has 3 rings (SSSR count). The van der Waals surface area contributed by atoms with Gasteiger partial charge in [0.15, 0.2) is 0 Å². The van der Waals surface area contributed by atoms with Crippen molar-refractivity contribution in [1.29, 1.82) is 0 Å². The smallest absolute Gasteiger partial charge is 0.123 e. The summed E-state index contributed by atoms with van der Waals surface area (Å²) in [6.45, 7) is 1.94. The van der Waals surface area contributed by atoms with Crippen LogP contribution in [0.1, 0.15) is 18.4 Å². The number of nitrogen functional groups attached to an aromatic ring is 1. The van der Waals surface area contributed by atoms with Crippen LogP contribution in [-0.4, -0.2) is 22.0 Å². The predicted molar refractivity (Wildman–Crippen MR) is 90.6 cm³/mol. The number of nitrogens with zero attached hydrogens (tertiary/aromatic N) is 3. The highest BCUT2D eigenvalue weighted by molar-refractivity contribution is 5.90. The molecule has 3 heterocycles. The second-order valence-corrected chi connectivity index (χ2v) is 4.84. The van der Waals surface area contributed by atoms with Crippen molar-refractivity contribution in [3.05, 3.63) is 53.7 Å². The third kappa shape index (κ3) is 2.67. The lowest BCUT2D eigenvalue weighted by atomic mass is 10.1. The fourth-order valence-electron chi connectivity index (χ4n) is 2.13. The van der Waals surface area contributed by atoms with Crippen molar-refractivity contribution in [3.8, 4) is 11.8 Å². The van der Waals surface area contributed by atoms with E-state index in [0.29, 0.717) is 11.5 Å². The van der Waals surface area contributed by atoms with E-state index in [-0.39, 0.29) is 1.43 Å². The van der Waals surface area contributed by atoms with Gasteiger partial charge >= 0.3 is 0 Å². The summed E-state index contributed by atoms with van der Waals surface area (Å²) in [5, 5.41) is 4.94. The first-order valence-electron chi connectivity index (χ1n) is 6.84. The van der Waals surface area contributed by atoms with E-state index < -0.39 is 0 Å². The summed E-state index contributed by atoms with van der Waals surface area (Å²) in [4.78, 5) is 12.8. The standard InChI is InChI=1S/C17H15N5.H2/c1-11-16-10-22-17(18)7-15(16)12(8-20-11)3-4-13-5-6-14(19-2)9-21-13;/h5-10,19H,1-2H3,(H2,18,22);1H. The molecule has 0 amide bonds. The van der Waals surface area contributed by atoms with E-state index in [1.165, 1.54) is 0 Å². The van der Waals surface area contributed by atoms with E-state index in [1.807, 2.05) is 32.2 Å². The molecule has 5 nitrogen and oxygen atoms in total. The molecule has 0 fully saturated rings. The highest BCUT2D eigenvalue weighted by Gasteiger charge is 2.04. The van der Waals surface area contributed by atoms with Crippen molar-refractivity contribution < 1.29 is 1.43 Å². The van der Waals surface area contributed by atoms with E-state index in [2.05, 4.69) is 32.1 Å². The zero-order valence-electron chi connectivity index (χ0n) is 12.4. The lowest BCUT2D eigenvalue weighted by Gasteiger charge is -2.04.